The number of carbonyl (C=O) groups excluding carboxylic acids is 1. The lowest BCUT2D eigenvalue weighted by molar-refractivity contribution is -0.123. The number of amides is 1. The minimum Gasteiger partial charge on any atom is -0.353 e. The highest BCUT2D eigenvalue weighted by Gasteiger charge is 2.28. The molecule has 1 heterocycles. The van der Waals surface area contributed by atoms with Crippen molar-refractivity contribution in [2.45, 2.75) is 38.3 Å². The maximum absolute atomic E-state index is 12.9. The van der Waals surface area contributed by atoms with Gasteiger partial charge < -0.3 is 5.32 Å². The van der Waals surface area contributed by atoms with E-state index >= 15 is 0 Å². The topological polar surface area (TPSA) is 93.1 Å². The van der Waals surface area contributed by atoms with Gasteiger partial charge >= 0.3 is 0 Å². The van der Waals surface area contributed by atoms with E-state index in [1.807, 2.05) is 51.2 Å². The standard InChI is InChI=1S/C21H26N4O3S/c1-15(2)20(21(26)22-10-11-25-14-16(3)13-23-25)24-29(27,28)19-9-8-17-6-4-5-7-18(17)12-19/h4-9,12-15,20,24H,10-11H2,1-3H3,(H,22,26). The van der Waals surface area contributed by atoms with Crippen LogP contribution in [0.25, 0.3) is 10.8 Å². The van der Waals surface area contributed by atoms with E-state index in [4.69, 9.17) is 0 Å². The maximum atomic E-state index is 12.9. The average Bonchev–Trinajstić information content (AvgIpc) is 3.10. The summed E-state index contributed by atoms with van der Waals surface area (Å²) < 4.78 is 30.1. The van der Waals surface area contributed by atoms with Crippen LogP contribution in [0.5, 0.6) is 0 Å². The Balaban J connectivity index is 1.69. The number of nitrogens with zero attached hydrogens (tertiary/aromatic N) is 2. The molecule has 0 aliphatic rings. The van der Waals surface area contributed by atoms with Crippen LogP contribution in [0.15, 0.2) is 59.8 Å². The highest BCUT2D eigenvalue weighted by atomic mass is 32.2. The lowest BCUT2D eigenvalue weighted by atomic mass is 10.1. The number of carbonyl (C=O) groups is 1. The zero-order chi connectivity index (χ0) is 21.0. The van der Waals surface area contributed by atoms with E-state index in [1.165, 1.54) is 0 Å². The van der Waals surface area contributed by atoms with Crippen LogP contribution in [-0.2, 0) is 21.4 Å². The summed E-state index contributed by atoms with van der Waals surface area (Å²) in [6.45, 7) is 6.44. The molecule has 2 aromatic carbocycles. The van der Waals surface area contributed by atoms with Gasteiger partial charge in [-0.3, -0.25) is 9.48 Å². The van der Waals surface area contributed by atoms with Gasteiger partial charge in [0.15, 0.2) is 0 Å². The second-order valence-corrected chi connectivity index (χ2v) is 9.14. The van der Waals surface area contributed by atoms with Gasteiger partial charge in [0.2, 0.25) is 15.9 Å². The average molecular weight is 415 g/mol. The summed E-state index contributed by atoms with van der Waals surface area (Å²) >= 11 is 0. The fourth-order valence-corrected chi connectivity index (χ4v) is 4.43. The van der Waals surface area contributed by atoms with Gasteiger partial charge in [0.1, 0.15) is 6.04 Å². The summed E-state index contributed by atoms with van der Waals surface area (Å²) in [5.74, 6) is -0.564. The van der Waals surface area contributed by atoms with E-state index in [9.17, 15) is 13.2 Å². The number of aryl methyl sites for hydroxylation is 1. The van der Waals surface area contributed by atoms with Crippen LogP contribution in [0.2, 0.25) is 0 Å². The fourth-order valence-electron chi connectivity index (χ4n) is 3.05. The molecule has 3 rings (SSSR count). The van der Waals surface area contributed by atoms with E-state index in [2.05, 4.69) is 15.1 Å². The second kappa shape index (κ2) is 8.75. The summed E-state index contributed by atoms with van der Waals surface area (Å²) in [6.07, 6.45) is 3.63. The molecular formula is C21H26N4O3S. The summed E-state index contributed by atoms with van der Waals surface area (Å²) in [4.78, 5) is 12.8. The summed E-state index contributed by atoms with van der Waals surface area (Å²) in [6, 6.07) is 11.6. The predicted molar refractivity (Wildman–Crippen MR) is 113 cm³/mol. The summed E-state index contributed by atoms with van der Waals surface area (Å²) in [5.41, 5.74) is 1.04. The van der Waals surface area contributed by atoms with Crippen molar-refractivity contribution in [1.29, 1.82) is 0 Å². The molecule has 1 unspecified atom stereocenters. The molecule has 0 saturated heterocycles. The lowest BCUT2D eigenvalue weighted by Crippen LogP contribution is -2.50. The van der Waals surface area contributed by atoms with Crippen molar-refractivity contribution in [2.75, 3.05) is 6.54 Å². The molecule has 0 saturated carbocycles. The van der Waals surface area contributed by atoms with Crippen LogP contribution < -0.4 is 10.0 Å². The first-order valence-corrected chi connectivity index (χ1v) is 11.0. The molecule has 2 N–H and O–H groups in total. The minimum absolute atomic E-state index is 0.140. The molecule has 154 valence electrons. The summed E-state index contributed by atoms with van der Waals surface area (Å²) in [5, 5.41) is 8.76. The number of hydrogen-bond acceptors (Lipinski definition) is 4. The molecule has 1 atom stereocenters. The van der Waals surface area contributed by atoms with Gasteiger partial charge in [0.05, 0.1) is 17.6 Å². The largest absolute Gasteiger partial charge is 0.353 e. The Labute approximate surface area is 171 Å². The Hall–Kier alpha value is -2.71. The Kier molecular flexibility index (Phi) is 6.34. The van der Waals surface area contributed by atoms with Crippen LogP contribution in [0.3, 0.4) is 0 Å². The number of nitrogens with one attached hydrogen (secondary N) is 2. The third-order valence-corrected chi connectivity index (χ3v) is 6.10. The van der Waals surface area contributed by atoms with Gasteiger partial charge in [-0.05, 0) is 41.3 Å². The quantitative estimate of drug-likeness (QED) is 0.592. The van der Waals surface area contributed by atoms with E-state index in [-0.39, 0.29) is 16.7 Å². The molecule has 3 aromatic rings. The maximum Gasteiger partial charge on any atom is 0.241 e. The van der Waals surface area contributed by atoms with Crippen molar-refractivity contribution in [2.24, 2.45) is 5.92 Å². The first-order chi connectivity index (χ1) is 13.8. The van der Waals surface area contributed by atoms with Crippen LogP contribution in [-0.4, -0.2) is 36.7 Å². The molecule has 8 heteroatoms. The molecule has 7 nitrogen and oxygen atoms in total. The monoisotopic (exact) mass is 414 g/mol. The normalized spacial score (nSPS) is 13.0. The number of sulfonamides is 1. The number of aromatic nitrogens is 2. The van der Waals surface area contributed by atoms with Crippen molar-refractivity contribution in [1.82, 2.24) is 19.8 Å². The fraction of sp³-hybridized carbons (Fsp3) is 0.333. The van der Waals surface area contributed by atoms with E-state index < -0.39 is 16.1 Å². The van der Waals surface area contributed by atoms with E-state index in [1.54, 1.807) is 29.1 Å². The molecule has 0 radical (unpaired) electrons. The lowest BCUT2D eigenvalue weighted by Gasteiger charge is -2.22. The highest BCUT2D eigenvalue weighted by molar-refractivity contribution is 7.89. The van der Waals surface area contributed by atoms with Crippen molar-refractivity contribution in [3.05, 3.63) is 60.4 Å². The first kappa shape index (κ1) is 21.0. The molecule has 0 fully saturated rings. The zero-order valence-electron chi connectivity index (χ0n) is 16.8. The van der Waals surface area contributed by atoms with Crippen molar-refractivity contribution in [3.8, 4) is 0 Å². The summed E-state index contributed by atoms with van der Waals surface area (Å²) in [7, 11) is -3.84. The molecule has 1 amide bonds. The SMILES string of the molecule is Cc1cnn(CCNC(=O)C(NS(=O)(=O)c2ccc3ccccc3c2)C(C)C)c1. The number of hydrogen-bond donors (Lipinski definition) is 2. The smallest absolute Gasteiger partial charge is 0.241 e. The van der Waals surface area contributed by atoms with Gasteiger partial charge in [-0.25, -0.2) is 8.42 Å². The minimum atomic E-state index is -3.84. The van der Waals surface area contributed by atoms with Crippen LogP contribution >= 0.6 is 0 Å². The zero-order valence-corrected chi connectivity index (χ0v) is 17.6. The van der Waals surface area contributed by atoms with Crippen molar-refractivity contribution < 1.29 is 13.2 Å². The van der Waals surface area contributed by atoms with Gasteiger partial charge in [-0.2, -0.15) is 9.82 Å². The van der Waals surface area contributed by atoms with Gasteiger partial charge in [-0.1, -0.05) is 44.2 Å². The molecule has 0 bridgehead atoms. The van der Waals surface area contributed by atoms with E-state index in [0.29, 0.717) is 13.1 Å². The predicted octanol–water partition coefficient (Wildman–Crippen LogP) is 2.46. The highest BCUT2D eigenvalue weighted by Crippen LogP contribution is 2.19. The Morgan fingerprint density at radius 2 is 1.86 bits per heavy atom. The second-order valence-electron chi connectivity index (χ2n) is 7.42. The van der Waals surface area contributed by atoms with Gasteiger partial charge in [0, 0.05) is 12.7 Å². The molecule has 0 aliphatic carbocycles. The van der Waals surface area contributed by atoms with Crippen LogP contribution in [0.1, 0.15) is 19.4 Å². The molecular weight excluding hydrogens is 388 g/mol. The van der Waals surface area contributed by atoms with Crippen molar-refractivity contribution >= 4 is 26.7 Å². The van der Waals surface area contributed by atoms with Gasteiger partial charge in [0.25, 0.3) is 0 Å². The van der Waals surface area contributed by atoms with Gasteiger partial charge in [-0.15, -0.1) is 0 Å². The van der Waals surface area contributed by atoms with Crippen LogP contribution in [0.4, 0.5) is 0 Å². The molecule has 0 aliphatic heterocycles. The third-order valence-electron chi connectivity index (χ3n) is 4.66. The number of rotatable bonds is 8. The number of benzene rings is 2. The molecule has 29 heavy (non-hydrogen) atoms. The Morgan fingerprint density at radius 3 is 2.52 bits per heavy atom. The first-order valence-electron chi connectivity index (χ1n) is 9.54. The van der Waals surface area contributed by atoms with E-state index in [0.717, 1.165) is 16.3 Å². The Bertz CT molecular complexity index is 1110. The number of fused-ring (bicyclic) bond motifs is 1. The van der Waals surface area contributed by atoms with Crippen LogP contribution in [0, 0.1) is 12.8 Å². The molecule has 1 aromatic heterocycles. The third kappa shape index (κ3) is 5.21. The van der Waals surface area contributed by atoms with Crippen molar-refractivity contribution in [3.63, 3.8) is 0 Å². The molecule has 0 spiro atoms. The Morgan fingerprint density at radius 1 is 1.14 bits per heavy atom.